The Morgan fingerprint density at radius 3 is 2.50 bits per heavy atom. The largest absolute Gasteiger partial charge is 0.504 e. The van der Waals surface area contributed by atoms with Crippen molar-refractivity contribution < 1.29 is 29.2 Å². The first kappa shape index (κ1) is 15.7. The number of ketones is 1. The smallest absolute Gasteiger partial charge is 0.232 e. The number of carbonyl (C=O) groups is 1. The molecule has 6 nitrogen and oxygen atoms in total. The lowest BCUT2D eigenvalue weighted by Crippen LogP contribution is -2.00. The lowest BCUT2D eigenvalue weighted by molar-refractivity contribution is 0.101. The minimum absolute atomic E-state index is 0.0359. The fraction of sp³-hybridized carbons (Fsp3) is 0.167. The van der Waals surface area contributed by atoms with Crippen molar-refractivity contribution in [1.82, 2.24) is 0 Å². The van der Waals surface area contributed by atoms with Crippen LogP contribution in [0.1, 0.15) is 21.5 Å². The van der Waals surface area contributed by atoms with Gasteiger partial charge in [0.1, 0.15) is 11.5 Å². The summed E-state index contributed by atoms with van der Waals surface area (Å²) in [6.07, 6.45) is 1.53. The first-order chi connectivity index (χ1) is 11.5. The van der Waals surface area contributed by atoms with Crippen LogP contribution in [0.5, 0.6) is 28.7 Å². The highest BCUT2D eigenvalue weighted by molar-refractivity contribution is 6.15. The third kappa shape index (κ3) is 2.32. The van der Waals surface area contributed by atoms with Crippen LogP contribution >= 0.6 is 0 Å². The zero-order valence-electron chi connectivity index (χ0n) is 13.4. The van der Waals surface area contributed by atoms with Gasteiger partial charge >= 0.3 is 0 Å². The molecule has 124 valence electrons. The van der Waals surface area contributed by atoms with Crippen LogP contribution in [-0.2, 0) is 0 Å². The monoisotopic (exact) mass is 328 g/mol. The summed E-state index contributed by atoms with van der Waals surface area (Å²) < 4.78 is 16.1. The van der Waals surface area contributed by atoms with E-state index in [4.69, 9.17) is 14.2 Å². The van der Waals surface area contributed by atoms with Gasteiger partial charge in [-0.1, -0.05) is 0 Å². The quantitative estimate of drug-likeness (QED) is 0.665. The predicted octanol–water partition coefficient (Wildman–Crippen LogP) is 3.04. The molecule has 0 saturated heterocycles. The highest BCUT2D eigenvalue weighted by Gasteiger charge is 2.31. The Morgan fingerprint density at radius 2 is 1.83 bits per heavy atom. The number of hydrogen-bond acceptors (Lipinski definition) is 6. The molecule has 2 aromatic rings. The third-order valence-electron chi connectivity index (χ3n) is 3.89. The van der Waals surface area contributed by atoms with Crippen molar-refractivity contribution in [3.05, 3.63) is 46.7 Å². The van der Waals surface area contributed by atoms with Gasteiger partial charge in [0.15, 0.2) is 17.3 Å². The Kier molecular flexibility index (Phi) is 3.81. The van der Waals surface area contributed by atoms with E-state index >= 15 is 0 Å². The zero-order chi connectivity index (χ0) is 17.4. The van der Waals surface area contributed by atoms with Crippen LogP contribution in [-0.4, -0.2) is 30.2 Å². The van der Waals surface area contributed by atoms with Crippen LogP contribution in [0, 0.1) is 6.92 Å². The molecule has 24 heavy (non-hydrogen) atoms. The molecule has 2 N–H and O–H groups in total. The lowest BCUT2D eigenvalue weighted by Gasteiger charge is -2.12. The van der Waals surface area contributed by atoms with Gasteiger partial charge in [0, 0.05) is 11.1 Å². The number of hydrogen-bond donors (Lipinski definition) is 2. The van der Waals surface area contributed by atoms with E-state index in [1.54, 1.807) is 19.2 Å². The summed E-state index contributed by atoms with van der Waals surface area (Å²) in [4.78, 5) is 12.4. The minimum Gasteiger partial charge on any atom is -0.504 e. The van der Waals surface area contributed by atoms with Crippen molar-refractivity contribution in [2.24, 2.45) is 0 Å². The molecule has 1 heterocycles. The van der Waals surface area contributed by atoms with Crippen LogP contribution < -0.4 is 14.2 Å². The molecule has 0 aromatic heterocycles. The van der Waals surface area contributed by atoms with E-state index in [0.717, 1.165) is 5.56 Å². The summed E-state index contributed by atoms with van der Waals surface area (Å²) in [5, 5.41) is 19.4. The number of aromatic hydroxyl groups is 2. The summed E-state index contributed by atoms with van der Waals surface area (Å²) in [6, 6.07) is 6.16. The van der Waals surface area contributed by atoms with Gasteiger partial charge in [-0.3, -0.25) is 4.79 Å². The van der Waals surface area contributed by atoms with Gasteiger partial charge in [0.25, 0.3) is 0 Å². The molecule has 0 amide bonds. The molecule has 0 fully saturated rings. The molecule has 1 aliphatic rings. The van der Waals surface area contributed by atoms with Gasteiger partial charge in [-0.15, -0.1) is 0 Å². The van der Waals surface area contributed by atoms with Crippen LogP contribution in [0.3, 0.4) is 0 Å². The zero-order valence-corrected chi connectivity index (χ0v) is 13.4. The maximum absolute atomic E-state index is 12.4. The molecule has 0 bridgehead atoms. The number of carbonyl (C=O) groups excluding carboxylic acids is 1. The number of phenols is 2. The van der Waals surface area contributed by atoms with Gasteiger partial charge in [0.05, 0.1) is 19.8 Å². The number of ether oxygens (including phenoxy) is 3. The topological polar surface area (TPSA) is 85.2 Å². The van der Waals surface area contributed by atoms with E-state index in [0.29, 0.717) is 17.1 Å². The van der Waals surface area contributed by atoms with Crippen molar-refractivity contribution in [3.8, 4) is 28.7 Å². The molecule has 0 radical (unpaired) electrons. The van der Waals surface area contributed by atoms with Crippen molar-refractivity contribution in [2.45, 2.75) is 6.92 Å². The standard InChI is InChI=1S/C18H16O6/c1-9-13(22-2)7-4-10(17(9)23-3)8-14-15(20)11-5-6-12(19)16(21)18(11)24-14/h4-8,19,21H,1-3H3. The number of allylic oxidation sites excluding steroid dienone is 1. The second-order valence-corrected chi connectivity index (χ2v) is 5.27. The van der Waals surface area contributed by atoms with E-state index in [-0.39, 0.29) is 28.6 Å². The van der Waals surface area contributed by atoms with Crippen LogP contribution in [0.15, 0.2) is 30.0 Å². The maximum Gasteiger partial charge on any atom is 0.232 e. The molecule has 0 atom stereocenters. The fourth-order valence-electron chi connectivity index (χ4n) is 2.67. The Bertz CT molecular complexity index is 866. The SMILES string of the molecule is COc1ccc(C=C2Oc3c(ccc(O)c3O)C2=O)c(OC)c1C. The second kappa shape index (κ2) is 5.81. The normalized spacial score (nSPS) is 14.5. The molecule has 6 heteroatoms. The summed E-state index contributed by atoms with van der Waals surface area (Å²) in [5.41, 5.74) is 1.62. The van der Waals surface area contributed by atoms with Crippen molar-refractivity contribution >= 4 is 11.9 Å². The molecule has 0 spiro atoms. The maximum atomic E-state index is 12.4. The fourth-order valence-corrected chi connectivity index (χ4v) is 2.67. The first-order valence-corrected chi connectivity index (χ1v) is 7.18. The Hall–Kier alpha value is -3.15. The number of rotatable bonds is 3. The molecule has 0 saturated carbocycles. The third-order valence-corrected chi connectivity index (χ3v) is 3.89. The van der Waals surface area contributed by atoms with Crippen LogP contribution in [0.4, 0.5) is 0 Å². The molecule has 2 aromatic carbocycles. The first-order valence-electron chi connectivity index (χ1n) is 7.18. The van der Waals surface area contributed by atoms with Crippen molar-refractivity contribution in [2.75, 3.05) is 14.2 Å². The number of fused-ring (bicyclic) bond motifs is 1. The van der Waals surface area contributed by atoms with Gasteiger partial charge in [-0.05, 0) is 37.3 Å². The Balaban J connectivity index is 2.07. The van der Waals surface area contributed by atoms with Crippen LogP contribution in [0.25, 0.3) is 6.08 Å². The number of phenolic OH excluding ortho intramolecular Hbond substituents is 2. The number of benzene rings is 2. The molecule has 0 unspecified atom stereocenters. The Morgan fingerprint density at radius 1 is 1.08 bits per heavy atom. The van der Waals surface area contributed by atoms with Crippen LogP contribution in [0.2, 0.25) is 0 Å². The van der Waals surface area contributed by atoms with E-state index in [2.05, 4.69) is 0 Å². The highest BCUT2D eigenvalue weighted by Crippen LogP contribution is 2.44. The second-order valence-electron chi connectivity index (χ2n) is 5.27. The van der Waals surface area contributed by atoms with Gasteiger partial charge in [0.2, 0.25) is 11.5 Å². The van der Waals surface area contributed by atoms with Gasteiger partial charge in [-0.2, -0.15) is 0 Å². The molecular formula is C18H16O6. The Labute approximate surface area is 138 Å². The molecule has 3 rings (SSSR count). The summed E-state index contributed by atoms with van der Waals surface area (Å²) in [7, 11) is 3.09. The van der Waals surface area contributed by atoms with E-state index < -0.39 is 5.75 Å². The van der Waals surface area contributed by atoms with Gasteiger partial charge in [-0.25, -0.2) is 0 Å². The molecular weight excluding hydrogens is 312 g/mol. The lowest BCUT2D eigenvalue weighted by atomic mass is 10.1. The van der Waals surface area contributed by atoms with E-state index in [1.807, 2.05) is 6.92 Å². The summed E-state index contributed by atoms with van der Waals surface area (Å²) in [5.74, 6) is 0.0302. The average molecular weight is 328 g/mol. The minimum atomic E-state index is -0.456. The molecule has 0 aliphatic carbocycles. The molecule has 1 aliphatic heterocycles. The van der Waals surface area contributed by atoms with Gasteiger partial charge < -0.3 is 24.4 Å². The van der Waals surface area contributed by atoms with Crippen molar-refractivity contribution in [3.63, 3.8) is 0 Å². The summed E-state index contributed by atoms with van der Waals surface area (Å²) in [6.45, 7) is 1.84. The summed E-state index contributed by atoms with van der Waals surface area (Å²) >= 11 is 0. The number of methoxy groups -OCH3 is 2. The number of Topliss-reactive ketones (excluding diaryl/α,β-unsaturated/α-hetero) is 1. The average Bonchev–Trinajstić information content (AvgIpc) is 2.88. The van der Waals surface area contributed by atoms with E-state index in [9.17, 15) is 15.0 Å². The highest BCUT2D eigenvalue weighted by atomic mass is 16.5. The van der Waals surface area contributed by atoms with Crippen molar-refractivity contribution in [1.29, 1.82) is 0 Å². The van der Waals surface area contributed by atoms with E-state index in [1.165, 1.54) is 25.3 Å². The predicted molar refractivity (Wildman–Crippen MR) is 87.0 cm³/mol.